The minimum absolute atomic E-state index is 0.121. The summed E-state index contributed by atoms with van der Waals surface area (Å²) in [6.07, 6.45) is 4.50. The van der Waals surface area contributed by atoms with E-state index in [0.29, 0.717) is 13.1 Å². The third-order valence-electron chi connectivity index (χ3n) is 6.31. The van der Waals surface area contributed by atoms with Gasteiger partial charge in [-0.1, -0.05) is 48.2 Å². The van der Waals surface area contributed by atoms with Crippen LogP contribution in [0, 0.1) is 0 Å². The first-order valence-corrected chi connectivity index (χ1v) is 13.0. The van der Waals surface area contributed by atoms with Crippen LogP contribution in [0.25, 0.3) is 10.1 Å². The number of aromatic hydroxyl groups is 1. The Labute approximate surface area is 207 Å². The Morgan fingerprint density at radius 3 is 2.79 bits per heavy atom. The summed E-state index contributed by atoms with van der Waals surface area (Å²) in [5.74, 6) is 0.392. The SMILES string of the molecule is CN(Cc1cc2ccccc2s1)C(=O)[C@@H]1C[C@@H](Sc2nccn2C)CN1Cc1ccccc1O. The second kappa shape index (κ2) is 9.82. The summed E-state index contributed by atoms with van der Waals surface area (Å²) in [5, 5.41) is 12.8. The van der Waals surface area contributed by atoms with Gasteiger partial charge in [-0.2, -0.15) is 0 Å². The topological polar surface area (TPSA) is 61.6 Å². The molecular weight excluding hydrogens is 464 g/mol. The average molecular weight is 493 g/mol. The molecule has 176 valence electrons. The molecule has 0 unspecified atom stereocenters. The number of thiophene rings is 1. The number of hydrogen-bond donors (Lipinski definition) is 1. The zero-order valence-corrected chi connectivity index (χ0v) is 20.9. The summed E-state index contributed by atoms with van der Waals surface area (Å²) >= 11 is 3.46. The minimum atomic E-state index is -0.239. The van der Waals surface area contributed by atoms with Crippen LogP contribution in [0.1, 0.15) is 16.9 Å². The van der Waals surface area contributed by atoms with E-state index in [9.17, 15) is 9.90 Å². The monoisotopic (exact) mass is 492 g/mol. The van der Waals surface area contributed by atoms with Crippen LogP contribution in [0.5, 0.6) is 5.75 Å². The van der Waals surface area contributed by atoms with E-state index in [1.54, 1.807) is 35.4 Å². The largest absolute Gasteiger partial charge is 0.508 e. The molecule has 6 nitrogen and oxygen atoms in total. The highest BCUT2D eigenvalue weighted by molar-refractivity contribution is 7.99. The lowest BCUT2D eigenvalue weighted by molar-refractivity contribution is -0.135. The van der Waals surface area contributed by atoms with Gasteiger partial charge >= 0.3 is 0 Å². The predicted molar refractivity (Wildman–Crippen MR) is 138 cm³/mol. The molecule has 1 N–H and O–H groups in total. The van der Waals surface area contributed by atoms with Crippen LogP contribution >= 0.6 is 23.1 Å². The Balaban J connectivity index is 1.34. The van der Waals surface area contributed by atoms with Crippen molar-refractivity contribution >= 4 is 39.1 Å². The summed E-state index contributed by atoms with van der Waals surface area (Å²) in [4.78, 5) is 23.4. The number of carbonyl (C=O) groups excluding carboxylic acids is 1. The number of aryl methyl sites for hydroxylation is 1. The minimum Gasteiger partial charge on any atom is -0.508 e. The van der Waals surface area contributed by atoms with Crippen molar-refractivity contribution in [2.24, 2.45) is 7.05 Å². The molecule has 2 atom stereocenters. The lowest BCUT2D eigenvalue weighted by Crippen LogP contribution is -2.43. The summed E-state index contributed by atoms with van der Waals surface area (Å²) in [6.45, 7) is 1.90. The number of benzene rings is 2. The Morgan fingerprint density at radius 2 is 2.03 bits per heavy atom. The number of imidazole rings is 1. The lowest BCUT2D eigenvalue weighted by Gasteiger charge is -2.27. The maximum atomic E-state index is 13.7. The normalized spacial score (nSPS) is 18.5. The molecule has 34 heavy (non-hydrogen) atoms. The number of rotatable bonds is 7. The third kappa shape index (κ3) is 4.85. The lowest BCUT2D eigenvalue weighted by atomic mass is 10.1. The molecule has 0 radical (unpaired) electrons. The fourth-order valence-corrected chi connectivity index (χ4v) is 6.85. The van der Waals surface area contributed by atoms with Gasteiger partial charge in [-0.05, 0) is 30.0 Å². The molecule has 1 fully saturated rings. The average Bonchev–Trinajstić information content (AvgIpc) is 3.53. The van der Waals surface area contributed by atoms with E-state index in [4.69, 9.17) is 0 Å². The fourth-order valence-electron chi connectivity index (χ4n) is 4.54. The van der Waals surface area contributed by atoms with Crippen molar-refractivity contribution < 1.29 is 9.90 Å². The van der Waals surface area contributed by atoms with Gasteiger partial charge in [0.2, 0.25) is 5.91 Å². The van der Waals surface area contributed by atoms with Gasteiger partial charge in [0.05, 0.1) is 12.6 Å². The molecule has 5 rings (SSSR count). The molecule has 0 spiro atoms. The Bertz CT molecular complexity index is 1270. The molecule has 2 aromatic heterocycles. The number of fused-ring (bicyclic) bond motifs is 1. The zero-order chi connectivity index (χ0) is 23.7. The van der Waals surface area contributed by atoms with Crippen LogP contribution in [0.4, 0.5) is 0 Å². The smallest absolute Gasteiger partial charge is 0.240 e. The predicted octanol–water partition coefficient (Wildman–Crippen LogP) is 4.73. The van der Waals surface area contributed by atoms with E-state index >= 15 is 0 Å². The molecule has 1 aliphatic rings. The van der Waals surface area contributed by atoms with Crippen molar-refractivity contribution in [1.29, 1.82) is 0 Å². The van der Waals surface area contributed by atoms with Crippen molar-refractivity contribution in [2.75, 3.05) is 13.6 Å². The van der Waals surface area contributed by atoms with Gasteiger partial charge < -0.3 is 14.6 Å². The van der Waals surface area contributed by atoms with Crippen molar-refractivity contribution in [3.05, 3.63) is 77.4 Å². The fraction of sp³-hybridized carbons (Fsp3) is 0.308. The summed E-state index contributed by atoms with van der Waals surface area (Å²) in [7, 11) is 3.88. The molecule has 0 aliphatic carbocycles. The molecule has 8 heteroatoms. The summed E-state index contributed by atoms with van der Waals surface area (Å²) < 4.78 is 3.26. The zero-order valence-electron chi connectivity index (χ0n) is 19.3. The Hall–Kier alpha value is -2.81. The van der Waals surface area contributed by atoms with Gasteiger partial charge in [0.15, 0.2) is 5.16 Å². The highest BCUT2D eigenvalue weighted by Gasteiger charge is 2.39. The van der Waals surface area contributed by atoms with Crippen LogP contribution in [0.3, 0.4) is 0 Å². The first-order valence-electron chi connectivity index (χ1n) is 11.4. The first-order chi connectivity index (χ1) is 16.5. The van der Waals surface area contributed by atoms with E-state index in [2.05, 4.69) is 28.1 Å². The van der Waals surface area contributed by atoms with Gasteiger partial charge in [0.25, 0.3) is 0 Å². The number of likely N-dealkylation sites (N-methyl/N-ethyl adjacent to an activating group) is 1. The molecule has 0 saturated carbocycles. The van der Waals surface area contributed by atoms with E-state index < -0.39 is 0 Å². The molecule has 1 aliphatic heterocycles. The van der Waals surface area contributed by atoms with Crippen LogP contribution < -0.4 is 0 Å². The quantitative estimate of drug-likeness (QED) is 0.404. The van der Waals surface area contributed by atoms with Crippen LogP contribution in [0.15, 0.2) is 72.1 Å². The number of thioether (sulfide) groups is 1. The van der Waals surface area contributed by atoms with Crippen LogP contribution in [-0.2, 0) is 24.9 Å². The number of nitrogens with zero attached hydrogens (tertiary/aromatic N) is 4. The van der Waals surface area contributed by atoms with Gasteiger partial charge in [-0.15, -0.1) is 11.3 Å². The van der Waals surface area contributed by atoms with Crippen LogP contribution in [-0.4, -0.2) is 55.2 Å². The molecule has 1 amide bonds. The van der Waals surface area contributed by atoms with Crippen molar-refractivity contribution in [3.8, 4) is 5.75 Å². The Kier molecular flexibility index (Phi) is 6.63. The maximum absolute atomic E-state index is 13.7. The van der Waals surface area contributed by atoms with Crippen molar-refractivity contribution in [1.82, 2.24) is 19.4 Å². The number of hydrogen-bond acceptors (Lipinski definition) is 6. The molecule has 4 aromatic rings. The molecule has 0 bridgehead atoms. The van der Waals surface area contributed by atoms with Gasteiger partial charge in [-0.3, -0.25) is 9.69 Å². The van der Waals surface area contributed by atoms with Gasteiger partial charge in [0.1, 0.15) is 5.75 Å². The standard InChI is InChI=1S/C26H28N4O2S2/c1-28-12-11-27-26(28)34-21-14-22(30(17-21)15-19-8-3-5-9-23(19)31)25(32)29(2)16-20-13-18-7-4-6-10-24(18)33-20/h3-13,21-22,31H,14-17H2,1-2H3/t21-,22+/m1/s1. The number of amides is 1. The molecule has 3 heterocycles. The van der Waals surface area contributed by atoms with Crippen LogP contribution in [0.2, 0.25) is 0 Å². The number of likely N-dealkylation sites (tertiary alicyclic amines) is 1. The number of aromatic nitrogens is 2. The number of carbonyl (C=O) groups is 1. The molecular formula is C26H28N4O2S2. The van der Waals surface area contributed by atoms with E-state index in [1.165, 1.54) is 15.0 Å². The Morgan fingerprint density at radius 1 is 1.24 bits per heavy atom. The van der Waals surface area contributed by atoms with E-state index in [1.807, 2.05) is 60.1 Å². The van der Waals surface area contributed by atoms with Crippen molar-refractivity contribution in [2.45, 2.75) is 36.0 Å². The maximum Gasteiger partial charge on any atom is 0.240 e. The third-order valence-corrected chi connectivity index (χ3v) is 8.69. The van der Waals surface area contributed by atoms with Gasteiger partial charge in [-0.25, -0.2) is 4.98 Å². The van der Waals surface area contributed by atoms with Gasteiger partial charge in [0, 0.05) is 60.0 Å². The summed E-state index contributed by atoms with van der Waals surface area (Å²) in [6, 6.07) is 17.6. The number of phenolic OH excluding ortho intramolecular Hbond substituents is 1. The van der Waals surface area contributed by atoms with Crippen molar-refractivity contribution in [3.63, 3.8) is 0 Å². The second-order valence-electron chi connectivity index (χ2n) is 8.82. The number of para-hydroxylation sites is 1. The number of phenols is 1. The highest BCUT2D eigenvalue weighted by atomic mass is 32.2. The first kappa shape index (κ1) is 23.0. The van der Waals surface area contributed by atoms with E-state index in [-0.39, 0.29) is 22.9 Å². The van der Waals surface area contributed by atoms with E-state index in [0.717, 1.165) is 23.7 Å². The second-order valence-corrected chi connectivity index (χ2v) is 11.3. The molecule has 1 saturated heterocycles. The highest BCUT2D eigenvalue weighted by Crippen LogP contribution is 2.35. The molecule has 2 aromatic carbocycles. The summed E-state index contributed by atoms with van der Waals surface area (Å²) in [5.41, 5.74) is 0.843.